The molecule has 0 amide bonds. The van der Waals surface area contributed by atoms with Gasteiger partial charge in [0.05, 0.1) is 12.8 Å². The van der Waals surface area contributed by atoms with Crippen LogP contribution in [0.3, 0.4) is 0 Å². The molecular formula is C23H35N11O. The number of aromatic nitrogens is 1. The van der Waals surface area contributed by atoms with Crippen LogP contribution in [0.15, 0.2) is 55.2 Å². The molecule has 2 aromatic rings. The van der Waals surface area contributed by atoms with Crippen LogP contribution in [0.25, 0.3) is 0 Å². The molecule has 4 heterocycles. The number of nitrogens with zero attached hydrogens (tertiary/aromatic N) is 6. The Kier molecular flexibility index (Phi) is 7.58. The smallest absolute Gasteiger partial charge is 0.203 e. The fourth-order valence-electron chi connectivity index (χ4n) is 3.82. The normalized spacial score (nSPS) is 19.5. The first-order valence-electron chi connectivity index (χ1n) is 11.8. The molecular weight excluding hydrogens is 446 g/mol. The second-order valence-corrected chi connectivity index (χ2v) is 8.76. The summed E-state index contributed by atoms with van der Waals surface area (Å²) >= 11 is 0. The van der Waals surface area contributed by atoms with Crippen molar-refractivity contribution in [1.29, 1.82) is 0 Å². The monoisotopic (exact) mass is 481 g/mol. The van der Waals surface area contributed by atoms with Crippen molar-refractivity contribution in [2.75, 3.05) is 27.2 Å². The van der Waals surface area contributed by atoms with Gasteiger partial charge in [0.15, 0.2) is 11.9 Å². The Labute approximate surface area is 205 Å². The van der Waals surface area contributed by atoms with Gasteiger partial charge in [0.2, 0.25) is 11.9 Å². The van der Waals surface area contributed by atoms with Crippen molar-refractivity contribution in [3.8, 4) is 0 Å². The van der Waals surface area contributed by atoms with E-state index < -0.39 is 0 Å². The van der Waals surface area contributed by atoms with Gasteiger partial charge in [-0.15, -0.1) is 0 Å². The second kappa shape index (κ2) is 11.0. The number of furan rings is 1. The minimum Gasteiger partial charge on any atom is -0.467 e. The van der Waals surface area contributed by atoms with Crippen molar-refractivity contribution in [2.45, 2.75) is 45.6 Å². The van der Waals surface area contributed by atoms with Crippen molar-refractivity contribution >= 4 is 23.8 Å². The number of nitrogens with two attached hydrogens (primary N) is 1. The first kappa shape index (κ1) is 24.2. The summed E-state index contributed by atoms with van der Waals surface area (Å²) in [5.41, 5.74) is 8.12. The Morgan fingerprint density at radius 3 is 2.51 bits per heavy atom. The number of guanidine groups is 4. The van der Waals surface area contributed by atoms with Crippen LogP contribution in [-0.4, -0.2) is 78.1 Å². The first-order valence-corrected chi connectivity index (χ1v) is 11.8. The molecule has 2 aromatic heterocycles. The Balaban J connectivity index is 1.25. The van der Waals surface area contributed by atoms with E-state index in [1.54, 1.807) is 6.26 Å². The number of H-pyrrole nitrogens is 1. The SMILES string of the molecule is CC1N=C(N)NC(NCCc2coc(CN(C)C3=NC(C)N=C(N(C)CCc4cc[nH]c4)N3)c2)=N1. The first-order chi connectivity index (χ1) is 16.9. The van der Waals surface area contributed by atoms with E-state index in [2.05, 4.69) is 57.9 Å². The van der Waals surface area contributed by atoms with E-state index in [-0.39, 0.29) is 12.3 Å². The average Bonchev–Trinajstić information content (AvgIpc) is 3.48. The van der Waals surface area contributed by atoms with Gasteiger partial charge in [0.25, 0.3) is 0 Å². The molecule has 0 spiro atoms. The maximum Gasteiger partial charge on any atom is 0.203 e. The Morgan fingerprint density at radius 2 is 1.77 bits per heavy atom. The van der Waals surface area contributed by atoms with Crippen molar-refractivity contribution in [3.63, 3.8) is 0 Å². The third kappa shape index (κ3) is 6.78. The fourth-order valence-corrected chi connectivity index (χ4v) is 3.82. The number of nitrogens with one attached hydrogen (secondary N) is 4. The molecule has 12 heteroatoms. The van der Waals surface area contributed by atoms with Gasteiger partial charge in [-0.3, -0.25) is 10.6 Å². The summed E-state index contributed by atoms with van der Waals surface area (Å²) in [5, 5.41) is 9.55. The molecule has 12 nitrogen and oxygen atoms in total. The maximum absolute atomic E-state index is 5.80. The van der Waals surface area contributed by atoms with E-state index >= 15 is 0 Å². The van der Waals surface area contributed by atoms with E-state index in [9.17, 15) is 0 Å². The highest BCUT2D eigenvalue weighted by Crippen LogP contribution is 2.12. The summed E-state index contributed by atoms with van der Waals surface area (Å²) < 4.78 is 5.80. The van der Waals surface area contributed by atoms with Gasteiger partial charge in [0, 0.05) is 39.6 Å². The Morgan fingerprint density at radius 1 is 1.00 bits per heavy atom. The molecule has 0 aliphatic carbocycles. The van der Waals surface area contributed by atoms with Crippen LogP contribution >= 0.6 is 0 Å². The molecule has 2 atom stereocenters. The molecule has 2 unspecified atom stereocenters. The number of aromatic amines is 1. The Bertz CT molecular complexity index is 1100. The molecule has 6 N–H and O–H groups in total. The number of rotatable bonds is 8. The molecule has 2 aliphatic heterocycles. The van der Waals surface area contributed by atoms with E-state index in [4.69, 9.17) is 10.2 Å². The van der Waals surface area contributed by atoms with Gasteiger partial charge in [-0.05, 0) is 49.9 Å². The lowest BCUT2D eigenvalue weighted by atomic mass is 10.2. The van der Waals surface area contributed by atoms with Crippen LogP contribution in [-0.2, 0) is 19.4 Å². The number of likely N-dealkylation sites (N-methyl/N-ethyl adjacent to an activating group) is 1. The predicted octanol–water partition coefficient (Wildman–Crippen LogP) is 0.627. The zero-order valence-corrected chi connectivity index (χ0v) is 20.7. The van der Waals surface area contributed by atoms with E-state index in [0.29, 0.717) is 25.0 Å². The van der Waals surface area contributed by atoms with Crippen LogP contribution in [0.5, 0.6) is 0 Å². The summed E-state index contributed by atoms with van der Waals surface area (Å²) in [7, 11) is 4.03. The van der Waals surface area contributed by atoms with Crippen molar-refractivity contribution in [3.05, 3.63) is 47.7 Å². The summed E-state index contributed by atoms with van der Waals surface area (Å²) in [6.45, 7) is 6.00. The summed E-state index contributed by atoms with van der Waals surface area (Å²) in [4.78, 5) is 25.1. The zero-order chi connectivity index (χ0) is 24.8. The highest BCUT2D eigenvalue weighted by molar-refractivity contribution is 6.00. The van der Waals surface area contributed by atoms with Gasteiger partial charge in [-0.25, -0.2) is 20.0 Å². The van der Waals surface area contributed by atoms with Crippen LogP contribution in [0, 0.1) is 0 Å². The highest BCUT2D eigenvalue weighted by Gasteiger charge is 2.20. The van der Waals surface area contributed by atoms with Crippen LogP contribution in [0.2, 0.25) is 0 Å². The van der Waals surface area contributed by atoms with Crippen LogP contribution in [0.1, 0.15) is 30.7 Å². The number of aliphatic imine (C=N–C) groups is 4. The molecule has 0 fully saturated rings. The van der Waals surface area contributed by atoms with E-state index in [1.807, 2.05) is 45.2 Å². The average molecular weight is 482 g/mol. The van der Waals surface area contributed by atoms with Crippen LogP contribution < -0.4 is 21.7 Å². The maximum atomic E-state index is 5.80. The van der Waals surface area contributed by atoms with Gasteiger partial charge in [-0.1, -0.05) is 0 Å². The quantitative estimate of drug-likeness (QED) is 0.371. The van der Waals surface area contributed by atoms with E-state index in [1.165, 1.54) is 5.56 Å². The van der Waals surface area contributed by atoms with Crippen molar-refractivity contribution in [1.82, 2.24) is 30.7 Å². The lowest BCUT2D eigenvalue weighted by molar-refractivity contribution is 0.396. The fraction of sp³-hybridized carbons (Fsp3) is 0.478. The van der Waals surface area contributed by atoms with E-state index in [0.717, 1.165) is 42.6 Å². The summed E-state index contributed by atoms with van der Waals surface area (Å²) in [6.07, 6.45) is 7.14. The second-order valence-electron chi connectivity index (χ2n) is 8.76. The molecule has 0 saturated heterocycles. The zero-order valence-electron chi connectivity index (χ0n) is 20.7. The van der Waals surface area contributed by atoms with Gasteiger partial charge in [-0.2, -0.15) is 0 Å². The van der Waals surface area contributed by atoms with Crippen molar-refractivity contribution < 1.29 is 4.42 Å². The summed E-state index contributed by atoms with van der Waals surface area (Å²) in [5.74, 6) is 3.46. The molecule has 2 aliphatic rings. The highest BCUT2D eigenvalue weighted by atomic mass is 16.3. The van der Waals surface area contributed by atoms with Gasteiger partial charge >= 0.3 is 0 Å². The summed E-state index contributed by atoms with van der Waals surface area (Å²) in [6, 6.07) is 4.16. The standard InChI is InChI=1S/C23H35N11O/c1-15-27-20(24)31-21(28-15)26-9-6-18-11-19(35-14-18)13-34(4)23-30-16(2)29-22(32-23)33(3)10-7-17-5-8-25-12-17/h5,8,11-12,14-16,25H,6-7,9-10,13H2,1-4H3,(H,29,30,32)(H4,24,26,27,28,31). The molecule has 4 rings (SSSR count). The Hall–Kier alpha value is -3.96. The minimum atomic E-state index is -0.182. The topological polar surface area (TPSA) is 147 Å². The molecule has 0 saturated carbocycles. The molecule has 0 radical (unpaired) electrons. The third-order valence-corrected chi connectivity index (χ3v) is 5.66. The van der Waals surface area contributed by atoms with Gasteiger partial charge in [0.1, 0.15) is 18.1 Å². The lowest BCUT2D eigenvalue weighted by Gasteiger charge is -2.30. The molecule has 0 aromatic carbocycles. The molecule has 0 bridgehead atoms. The van der Waals surface area contributed by atoms with Crippen molar-refractivity contribution in [2.24, 2.45) is 25.7 Å². The molecule has 35 heavy (non-hydrogen) atoms. The predicted molar refractivity (Wildman–Crippen MR) is 138 cm³/mol. The number of hydrogen-bond donors (Lipinski definition) is 5. The third-order valence-electron chi connectivity index (χ3n) is 5.66. The largest absolute Gasteiger partial charge is 0.467 e. The minimum absolute atomic E-state index is 0.158. The lowest BCUT2D eigenvalue weighted by Crippen LogP contribution is -2.51. The van der Waals surface area contributed by atoms with Crippen LogP contribution in [0.4, 0.5) is 0 Å². The molecule has 188 valence electrons. The van der Waals surface area contributed by atoms with Gasteiger partial charge < -0.3 is 30.3 Å². The number of hydrogen-bond acceptors (Lipinski definition) is 11.